The van der Waals surface area contributed by atoms with Crippen molar-refractivity contribution in [2.45, 2.75) is 0 Å². The van der Waals surface area contributed by atoms with Gasteiger partial charge in [0, 0.05) is 0 Å². The number of benzene rings is 1. The summed E-state index contributed by atoms with van der Waals surface area (Å²) < 4.78 is 49.1. The molecule has 1 nitrogen and oxygen atoms in total. The first-order valence-corrected chi connectivity index (χ1v) is 3.53. The normalized spacial score (nSPS) is 10.4. The Kier molecular flexibility index (Phi) is 2.27. The zero-order valence-electron chi connectivity index (χ0n) is 5.47. The van der Waals surface area contributed by atoms with Crippen molar-refractivity contribution in [3.05, 3.63) is 27.7 Å². The van der Waals surface area contributed by atoms with Gasteiger partial charge in [-0.1, -0.05) is 0 Å². The fourth-order valence-electron chi connectivity index (χ4n) is 0.622. The number of halogens is 5. The lowest BCUT2D eigenvalue weighted by molar-refractivity contribution is 0.409. The number of rotatable bonds is 0. The summed E-state index contributed by atoms with van der Waals surface area (Å²) in [5.41, 5.74) is 4.10. The maximum Gasteiger partial charge on any atom is 0.199 e. The van der Waals surface area contributed by atoms with Gasteiger partial charge >= 0.3 is 0 Å². The van der Waals surface area contributed by atoms with Gasteiger partial charge in [0.2, 0.25) is 0 Å². The van der Waals surface area contributed by atoms with Gasteiger partial charge in [0.05, 0.1) is 10.2 Å². The molecule has 0 radical (unpaired) electrons. The summed E-state index contributed by atoms with van der Waals surface area (Å²) in [4.78, 5) is 0. The molecule has 0 saturated heterocycles. The third kappa shape index (κ3) is 1.16. The molecule has 2 N–H and O–H groups in total. The molecule has 0 aliphatic rings. The van der Waals surface area contributed by atoms with Crippen molar-refractivity contribution in [1.82, 2.24) is 0 Å². The summed E-state index contributed by atoms with van der Waals surface area (Å²) in [6.45, 7) is 0. The van der Waals surface area contributed by atoms with Crippen LogP contribution in [0.25, 0.3) is 0 Å². The van der Waals surface area contributed by atoms with Gasteiger partial charge in [0.15, 0.2) is 23.3 Å². The molecule has 66 valence electrons. The van der Waals surface area contributed by atoms with E-state index in [-0.39, 0.29) is 0 Å². The highest BCUT2D eigenvalue weighted by atomic mass is 79.9. The Hall–Kier alpha value is -0.780. The third-order valence-electron chi connectivity index (χ3n) is 1.24. The Balaban J connectivity index is 3.60. The number of nitrogen functional groups attached to an aromatic ring is 1. The minimum atomic E-state index is -1.91. The van der Waals surface area contributed by atoms with Gasteiger partial charge in [-0.05, 0) is 15.9 Å². The third-order valence-corrected chi connectivity index (χ3v) is 2.02. The molecular weight excluding hydrogens is 242 g/mol. The van der Waals surface area contributed by atoms with Crippen LogP contribution in [0.2, 0.25) is 0 Å². The maximum atomic E-state index is 12.5. The molecule has 0 unspecified atom stereocenters. The van der Waals surface area contributed by atoms with E-state index in [0.29, 0.717) is 0 Å². The molecular formula is C6H2BrF4N. The van der Waals surface area contributed by atoms with Gasteiger partial charge in [-0.3, -0.25) is 0 Å². The number of nitrogens with two attached hydrogens (primary N) is 1. The zero-order chi connectivity index (χ0) is 9.46. The molecule has 0 bridgehead atoms. The first-order valence-electron chi connectivity index (χ1n) is 2.73. The average molecular weight is 244 g/mol. The van der Waals surface area contributed by atoms with Gasteiger partial charge in [0.25, 0.3) is 0 Å². The first kappa shape index (κ1) is 9.31. The molecule has 0 atom stereocenters. The van der Waals surface area contributed by atoms with Crippen molar-refractivity contribution in [2.75, 3.05) is 5.73 Å². The Labute approximate surface area is 73.3 Å². The Morgan fingerprint density at radius 2 is 1.25 bits per heavy atom. The SMILES string of the molecule is Nc1c(F)c(F)c(F)c(F)c1Br. The summed E-state index contributed by atoms with van der Waals surface area (Å²) in [5.74, 6) is -6.92. The molecule has 12 heavy (non-hydrogen) atoms. The van der Waals surface area contributed by atoms with E-state index in [4.69, 9.17) is 5.73 Å². The predicted molar refractivity (Wildman–Crippen MR) is 38.4 cm³/mol. The minimum absolute atomic E-state index is 0.612. The molecule has 0 fully saturated rings. The van der Waals surface area contributed by atoms with Crippen molar-refractivity contribution in [2.24, 2.45) is 0 Å². The number of hydrogen-bond acceptors (Lipinski definition) is 1. The molecule has 1 aromatic carbocycles. The molecule has 6 heteroatoms. The summed E-state index contributed by atoms with van der Waals surface area (Å²) in [6.07, 6.45) is 0. The molecule has 0 amide bonds. The first-order chi connectivity index (χ1) is 5.46. The van der Waals surface area contributed by atoms with Gasteiger partial charge < -0.3 is 5.73 Å². The van der Waals surface area contributed by atoms with Crippen LogP contribution in [0.1, 0.15) is 0 Å². The predicted octanol–water partition coefficient (Wildman–Crippen LogP) is 2.59. The van der Waals surface area contributed by atoms with Crippen molar-refractivity contribution in [1.29, 1.82) is 0 Å². The van der Waals surface area contributed by atoms with Gasteiger partial charge in [0.1, 0.15) is 0 Å². The highest BCUT2D eigenvalue weighted by Crippen LogP contribution is 2.29. The maximum absolute atomic E-state index is 12.5. The van der Waals surface area contributed by atoms with Gasteiger partial charge in [-0.25, -0.2) is 17.6 Å². The lowest BCUT2D eigenvalue weighted by atomic mass is 10.3. The van der Waals surface area contributed by atoms with Crippen LogP contribution in [0.3, 0.4) is 0 Å². The van der Waals surface area contributed by atoms with E-state index in [1.807, 2.05) is 0 Å². The van der Waals surface area contributed by atoms with E-state index in [9.17, 15) is 17.6 Å². The van der Waals surface area contributed by atoms with E-state index >= 15 is 0 Å². The highest BCUT2D eigenvalue weighted by molar-refractivity contribution is 9.10. The summed E-state index contributed by atoms with van der Waals surface area (Å²) >= 11 is 2.47. The fourth-order valence-corrected chi connectivity index (χ4v) is 0.970. The van der Waals surface area contributed by atoms with Crippen LogP contribution in [0.5, 0.6) is 0 Å². The molecule has 1 rings (SSSR count). The molecule has 0 aliphatic heterocycles. The largest absolute Gasteiger partial charge is 0.395 e. The van der Waals surface area contributed by atoms with E-state index in [1.165, 1.54) is 0 Å². The molecule has 0 spiro atoms. The van der Waals surface area contributed by atoms with Crippen LogP contribution >= 0.6 is 15.9 Å². The lowest BCUT2D eigenvalue weighted by Gasteiger charge is -2.03. The fraction of sp³-hybridized carbons (Fsp3) is 0. The second-order valence-electron chi connectivity index (χ2n) is 1.98. The Morgan fingerprint density at radius 3 is 1.75 bits per heavy atom. The van der Waals surface area contributed by atoms with Crippen molar-refractivity contribution >= 4 is 21.6 Å². The van der Waals surface area contributed by atoms with Crippen LogP contribution in [0.4, 0.5) is 23.2 Å². The monoisotopic (exact) mass is 243 g/mol. The standard InChI is InChI=1S/C6H2BrF4N/c7-1-2(8)3(9)4(10)5(11)6(1)12/h12H2. The van der Waals surface area contributed by atoms with Crippen molar-refractivity contribution in [3.63, 3.8) is 0 Å². The van der Waals surface area contributed by atoms with Crippen molar-refractivity contribution in [3.8, 4) is 0 Å². The highest BCUT2D eigenvalue weighted by Gasteiger charge is 2.21. The molecule has 1 aromatic rings. The van der Waals surface area contributed by atoms with E-state index in [0.717, 1.165) is 0 Å². The van der Waals surface area contributed by atoms with E-state index in [1.54, 1.807) is 0 Å². The van der Waals surface area contributed by atoms with Crippen molar-refractivity contribution < 1.29 is 17.6 Å². The molecule has 0 heterocycles. The molecule has 0 aliphatic carbocycles. The number of hydrogen-bond donors (Lipinski definition) is 1. The Morgan fingerprint density at radius 1 is 0.833 bits per heavy atom. The second kappa shape index (κ2) is 2.93. The molecule has 0 saturated carbocycles. The summed E-state index contributed by atoms with van der Waals surface area (Å²) in [6, 6.07) is 0. The lowest BCUT2D eigenvalue weighted by Crippen LogP contribution is -2.03. The zero-order valence-corrected chi connectivity index (χ0v) is 7.05. The summed E-state index contributed by atoms with van der Waals surface area (Å²) in [5, 5.41) is 0. The number of anilines is 1. The van der Waals surface area contributed by atoms with Crippen LogP contribution in [-0.2, 0) is 0 Å². The summed E-state index contributed by atoms with van der Waals surface area (Å²) in [7, 11) is 0. The van der Waals surface area contributed by atoms with Gasteiger partial charge in [-0.15, -0.1) is 0 Å². The Bertz CT molecular complexity index is 234. The van der Waals surface area contributed by atoms with Crippen LogP contribution < -0.4 is 5.73 Å². The van der Waals surface area contributed by atoms with E-state index in [2.05, 4.69) is 15.9 Å². The average Bonchev–Trinajstić information content (AvgIpc) is 2.08. The van der Waals surface area contributed by atoms with Gasteiger partial charge in [-0.2, -0.15) is 0 Å². The topological polar surface area (TPSA) is 26.0 Å². The van der Waals surface area contributed by atoms with Crippen LogP contribution in [0.15, 0.2) is 4.47 Å². The van der Waals surface area contributed by atoms with Crippen LogP contribution in [0, 0.1) is 23.3 Å². The second-order valence-corrected chi connectivity index (χ2v) is 2.78. The van der Waals surface area contributed by atoms with E-state index < -0.39 is 33.4 Å². The smallest absolute Gasteiger partial charge is 0.199 e. The quantitative estimate of drug-likeness (QED) is 0.323. The van der Waals surface area contributed by atoms with Crippen LogP contribution in [-0.4, -0.2) is 0 Å². The minimum Gasteiger partial charge on any atom is -0.395 e. The molecule has 0 aromatic heterocycles.